The zero-order valence-corrected chi connectivity index (χ0v) is 4.33. The van der Waals surface area contributed by atoms with Crippen molar-refractivity contribution in [1.29, 1.82) is 0 Å². The average Bonchev–Trinajstić information content (AvgIpc) is 0.918. The third-order valence-electron chi connectivity index (χ3n) is 0. The summed E-state index contributed by atoms with van der Waals surface area (Å²) in [4.78, 5) is 0. The van der Waals surface area contributed by atoms with Gasteiger partial charge in [0.15, 0.2) is 0 Å². The van der Waals surface area contributed by atoms with E-state index >= 15 is 0 Å². The van der Waals surface area contributed by atoms with Crippen molar-refractivity contribution in [1.82, 2.24) is 0 Å². The molecule has 0 aliphatic carbocycles. The van der Waals surface area contributed by atoms with Crippen LogP contribution in [0.1, 0.15) is 0 Å². The molecule has 0 saturated carbocycles. The van der Waals surface area contributed by atoms with Crippen LogP contribution in [-0.4, -0.2) is 0 Å². The van der Waals surface area contributed by atoms with Gasteiger partial charge in [-0.1, -0.05) is 0 Å². The van der Waals surface area contributed by atoms with Crippen LogP contribution in [0.2, 0.25) is 0 Å². The van der Waals surface area contributed by atoms with E-state index in [0.29, 0.717) is 0 Å². The minimum atomic E-state index is -1.00. The third-order valence-corrected chi connectivity index (χ3v) is 0. The van der Waals surface area contributed by atoms with Gasteiger partial charge in [0.25, 0.3) is 0 Å². The Labute approximate surface area is 45.5 Å². The summed E-state index contributed by atoms with van der Waals surface area (Å²) in [5.41, 5.74) is 0. The summed E-state index contributed by atoms with van der Waals surface area (Å²) >= 11 is 0. The Bertz CT molecular complexity index is 6.00. The van der Waals surface area contributed by atoms with E-state index in [1.54, 1.807) is 0 Å². The molecule has 0 radical (unpaired) electrons. The van der Waals surface area contributed by atoms with Crippen LogP contribution in [0, 0.1) is 6.93 Å². The molecule has 4 heavy (non-hydrogen) atoms. The first kappa shape index (κ1) is 8.85. The zero-order valence-electron chi connectivity index (χ0n) is 2.33. The Morgan fingerprint density at radius 3 is 1.25 bits per heavy atom. The van der Waals surface area contributed by atoms with Gasteiger partial charge in [-0.25, -0.2) is 0 Å². The van der Waals surface area contributed by atoms with Gasteiger partial charge in [0, 0.05) is 0 Å². The van der Waals surface area contributed by atoms with E-state index < -0.39 is 6.93 Å². The molecular weight excluding hydrogens is 73.0 g/mol. The monoisotopic (exact) mass is 74.0 g/mol. The van der Waals surface area contributed by atoms with Crippen LogP contribution in [0.25, 0.3) is 0 Å². The summed E-state index contributed by atoms with van der Waals surface area (Å²) in [7, 11) is 0. The smallest absolute Gasteiger partial charge is 0.425 e. The van der Waals surface area contributed by atoms with E-state index in [0.717, 1.165) is 0 Å². The van der Waals surface area contributed by atoms with Gasteiger partial charge < -0.3 is 8.78 Å². The summed E-state index contributed by atoms with van der Waals surface area (Å²) in [6.07, 6.45) is 0. The van der Waals surface area contributed by atoms with E-state index in [2.05, 4.69) is 0 Å². The second kappa shape index (κ2) is 9.13. The Morgan fingerprint density at radius 2 is 1.25 bits per heavy atom. The van der Waals surface area contributed by atoms with E-state index in [1.165, 1.54) is 0 Å². The summed E-state index contributed by atoms with van der Waals surface area (Å²) in [6, 6.07) is 0. The first-order valence-corrected chi connectivity index (χ1v) is 0.436. The van der Waals surface area contributed by atoms with Crippen molar-refractivity contribution >= 4 is 0 Å². The van der Waals surface area contributed by atoms with Crippen LogP contribution < -0.4 is 29.6 Å². The fourth-order valence-corrected chi connectivity index (χ4v) is 0. The minimum absolute atomic E-state index is 0. The van der Waals surface area contributed by atoms with Gasteiger partial charge in [-0.2, -0.15) is 0 Å². The Hall–Kier alpha value is 0.860. The second-order valence-electron chi connectivity index (χ2n) is 0.0825. The first-order chi connectivity index (χ1) is 1.41. The predicted octanol–water partition coefficient (Wildman–Crippen LogP) is -1.95. The Balaban J connectivity index is 0. The molecule has 0 aliphatic heterocycles. The standard InChI is InChI=1S/CHF2.Na/c2-1-3;/h1H;/q-1;+1. The topological polar surface area (TPSA) is 0 Å². The van der Waals surface area contributed by atoms with Crippen LogP contribution in [0.15, 0.2) is 0 Å². The summed E-state index contributed by atoms with van der Waals surface area (Å²) in [5, 5.41) is 0. The third kappa shape index (κ3) is 13.4. The maximum absolute atomic E-state index is 9.50. The molecule has 0 bridgehead atoms. The van der Waals surface area contributed by atoms with Gasteiger partial charge in [0.05, 0.1) is 0 Å². The van der Waals surface area contributed by atoms with Gasteiger partial charge in [-0.3, -0.25) is 0 Å². The molecule has 0 aliphatic rings. The number of halogens is 2. The van der Waals surface area contributed by atoms with Gasteiger partial charge in [0.1, 0.15) is 0 Å². The molecule has 0 atom stereocenters. The average molecular weight is 74.0 g/mol. The predicted molar refractivity (Wildman–Crippen MR) is 6.52 cm³/mol. The van der Waals surface area contributed by atoms with Gasteiger partial charge in [-0.05, 0) is 6.93 Å². The van der Waals surface area contributed by atoms with E-state index in [1.807, 2.05) is 0 Å². The van der Waals surface area contributed by atoms with Crippen molar-refractivity contribution in [2.45, 2.75) is 0 Å². The fraction of sp³-hybridized carbons (Fsp3) is 0. The van der Waals surface area contributed by atoms with Crippen LogP contribution in [0.3, 0.4) is 0 Å². The van der Waals surface area contributed by atoms with Crippen molar-refractivity contribution in [3.63, 3.8) is 0 Å². The molecule has 0 saturated heterocycles. The van der Waals surface area contributed by atoms with Gasteiger partial charge in [0.2, 0.25) is 0 Å². The molecule has 0 rings (SSSR count). The van der Waals surface area contributed by atoms with Crippen molar-refractivity contribution < 1.29 is 38.3 Å². The molecule has 0 heterocycles. The molecule has 0 fully saturated rings. The molecule has 0 amide bonds. The van der Waals surface area contributed by atoms with E-state index in [4.69, 9.17) is 0 Å². The second-order valence-corrected chi connectivity index (χ2v) is 0.0825. The van der Waals surface area contributed by atoms with Crippen LogP contribution >= 0.6 is 0 Å². The largest absolute Gasteiger partial charge is 1.00 e. The van der Waals surface area contributed by atoms with Crippen molar-refractivity contribution in [3.05, 3.63) is 6.93 Å². The molecule has 0 aromatic rings. The number of rotatable bonds is 0. The Morgan fingerprint density at radius 1 is 1.25 bits per heavy atom. The summed E-state index contributed by atoms with van der Waals surface area (Å²) in [5.74, 6) is 0. The maximum atomic E-state index is 9.50. The first-order valence-electron chi connectivity index (χ1n) is 0.436. The van der Waals surface area contributed by atoms with Crippen molar-refractivity contribution in [2.75, 3.05) is 0 Å². The van der Waals surface area contributed by atoms with Crippen LogP contribution in [0.5, 0.6) is 0 Å². The SMILES string of the molecule is F[CH-]F.[Na+]. The molecule has 0 aromatic carbocycles. The fourth-order valence-electron chi connectivity index (χ4n) is 0. The molecule has 0 aromatic heterocycles. The molecule has 0 unspecified atom stereocenters. The van der Waals surface area contributed by atoms with Crippen molar-refractivity contribution in [3.8, 4) is 0 Å². The maximum Gasteiger partial charge on any atom is 1.00 e. The van der Waals surface area contributed by atoms with Crippen molar-refractivity contribution in [2.24, 2.45) is 0 Å². The quantitative estimate of drug-likeness (QED) is 0.231. The summed E-state index contributed by atoms with van der Waals surface area (Å²) < 4.78 is 19.0. The van der Waals surface area contributed by atoms with Gasteiger partial charge >= 0.3 is 29.6 Å². The number of hydrogen-bond donors (Lipinski definition) is 0. The van der Waals surface area contributed by atoms with Crippen LogP contribution in [-0.2, 0) is 0 Å². The van der Waals surface area contributed by atoms with Gasteiger partial charge in [-0.15, -0.1) is 0 Å². The Kier molecular flexibility index (Phi) is 20.2. The normalized spacial score (nSPS) is 4.50. The zero-order chi connectivity index (χ0) is 2.71. The molecule has 0 N–H and O–H groups in total. The minimum Gasteiger partial charge on any atom is -0.425 e. The summed E-state index contributed by atoms with van der Waals surface area (Å²) in [6.45, 7) is -1.00. The number of hydrogen-bond acceptors (Lipinski definition) is 0. The molecular formula is CHF2Na. The van der Waals surface area contributed by atoms with E-state index in [-0.39, 0.29) is 29.6 Å². The molecule has 20 valence electrons. The van der Waals surface area contributed by atoms with Crippen LogP contribution in [0.4, 0.5) is 8.78 Å². The molecule has 3 heteroatoms. The van der Waals surface area contributed by atoms with E-state index in [9.17, 15) is 8.78 Å². The molecule has 0 nitrogen and oxygen atoms in total. The molecule has 0 spiro atoms.